The first kappa shape index (κ1) is 16.4. The molecule has 0 radical (unpaired) electrons. The second-order valence-electron chi connectivity index (χ2n) is 6.66. The van der Waals surface area contributed by atoms with Crippen LogP contribution in [0.4, 0.5) is 4.39 Å². The molecule has 1 aliphatic carbocycles. The minimum absolute atomic E-state index is 0.183. The molecule has 3 nitrogen and oxygen atoms in total. The van der Waals surface area contributed by atoms with Crippen LogP contribution in [0.5, 0.6) is 5.75 Å². The maximum Gasteiger partial charge on any atom is 0.165 e. The van der Waals surface area contributed by atoms with Gasteiger partial charge in [-0.3, -0.25) is 0 Å². The van der Waals surface area contributed by atoms with Crippen molar-refractivity contribution in [1.82, 2.24) is 4.72 Å². The van der Waals surface area contributed by atoms with Gasteiger partial charge in [0.25, 0.3) is 0 Å². The minimum atomic E-state index is -1.18. The van der Waals surface area contributed by atoms with E-state index in [2.05, 4.69) is 4.72 Å². The van der Waals surface area contributed by atoms with Gasteiger partial charge in [-0.05, 0) is 64.2 Å². The van der Waals surface area contributed by atoms with Crippen molar-refractivity contribution >= 4 is 11.0 Å². The summed E-state index contributed by atoms with van der Waals surface area (Å²) in [6.07, 6.45) is 2.36. The van der Waals surface area contributed by atoms with Crippen molar-refractivity contribution in [3.8, 4) is 5.75 Å². The smallest absolute Gasteiger partial charge is 0.165 e. The van der Waals surface area contributed by atoms with Crippen molar-refractivity contribution in [2.45, 2.75) is 51.3 Å². The molecule has 1 saturated carbocycles. The van der Waals surface area contributed by atoms with Gasteiger partial charge in [0.1, 0.15) is 0 Å². The maximum atomic E-state index is 14.0. The largest absolute Gasteiger partial charge is 0.490 e. The molecule has 0 aromatic heterocycles. The Morgan fingerprint density at radius 2 is 2.10 bits per heavy atom. The summed E-state index contributed by atoms with van der Waals surface area (Å²) in [6.45, 7) is 8.18. The van der Waals surface area contributed by atoms with Crippen LogP contribution in [0.1, 0.15) is 52.1 Å². The molecule has 0 aliphatic heterocycles. The summed E-state index contributed by atoms with van der Waals surface area (Å²) in [7, 11) is -1.18. The standard InChI is InChI=1S/C16H24FNO2S/c1-11(18-21(19)16(2,3)4)13-7-8-15(14(17)9-13)20-10-12-5-6-12/h7-9,11-12,18H,5-6,10H2,1-4H3/t11-,21+/m1/s1. The zero-order valence-electron chi connectivity index (χ0n) is 13.1. The number of nitrogens with one attached hydrogen (secondary N) is 1. The lowest BCUT2D eigenvalue weighted by Crippen LogP contribution is -2.34. The highest BCUT2D eigenvalue weighted by atomic mass is 32.2. The van der Waals surface area contributed by atoms with Crippen LogP contribution in [0.15, 0.2) is 18.2 Å². The lowest BCUT2D eigenvalue weighted by atomic mass is 10.1. The first-order valence-electron chi connectivity index (χ1n) is 7.37. The van der Waals surface area contributed by atoms with Gasteiger partial charge in [0, 0.05) is 6.04 Å². The van der Waals surface area contributed by atoms with Gasteiger partial charge in [-0.1, -0.05) is 6.07 Å². The molecule has 1 fully saturated rings. The average Bonchev–Trinajstić information content (AvgIpc) is 3.20. The summed E-state index contributed by atoms with van der Waals surface area (Å²) in [5, 5.41) is 0. The van der Waals surface area contributed by atoms with E-state index < -0.39 is 11.0 Å². The number of halogens is 1. The third kappa shape index (κ3) is 4.78. The molecule has 118 valence electrons. The van der Waals surface area contributed by atoms with Crippen LogP contribution in [0.25, 0.3) is 0 Å². The topological polar surface area (TPSA) is 38.3 Å². The van der Waals surface area contributed by atoms with E-state index in [0.717, 1.165) is 5.56 Å². The second-order valence-corrected chi connectivity index (χ2v) is 8.66. The van der Waals surface area contributed by atoms with Gasteiger partial charge >= 0.3 is 0 Å². The van der Waals surface area contributed by atoms with Crippen molar-refractivity contribution in [3.63, 3.8) is 0 Å². The van der Waals surface area contributed by atoms with Gasteiger partial charge in [-0.15, -0.1) is 0 Å². The Morgan fingerprint density at radius 1 is 1.43 bits per heavy atom. The highest BCUT2D eigenvalue weighted by Gasteiger charge is 2.24. The number of benzene rings is 1. The van der Waals surface area contributed by atoms with Gasteiger partial charge in [-0.25, -0.2) is 13.3 Å². The molecular weight excluding hydrogens is 289 g/mol. The van der Waals surface area contributed by atoms with Crippen LogP contribution >= 0.6 is 0 Å². The molecule has 0 amide bonds. The number of rotatable bonds is 6. The third-order valence-electron chi connectivity index (χ3n) is 3.47. The molecule has 1 aliphatic rings. The van der Waals surface area contributed by atoms with Crippen molar-refractivity contribution in [3.05, 3.63) is 29.6 Å². The van der Waals surface area contributed by atoms with Crippen LogP contribution < -0.4 is 9.46 Å². The van der Waals surface area contributed by atoms with Gasteiger partial charge in [-0.2, -0.15) is 0 Å². The maximum absolute atomic E-state index is 14.0. The van der Waals surface area contributed by atoms with E-state index in [0.29, 0.717) is 18.3 Å². The quantitative estimate of drug-likeness (QED) is 0.869. The van der Waals surface area contributed by atoms with E-state index in [1.54, 1.807) is 6.07 Å². The van der Waals surface area contributed by atoms with Crippen molar-refractivity contribution in [2.24, 2.45) is 5.92 Å². The molecule has 0 spiro atoms. The van der Waals surface area contributed by atoms with Crippen LogP contribution in [-0.2, 0) is 11.0 Å². The molecule has 0 bridgehead atoms. The Labute approximate surface area is 128 Å². The first-order chi connectivity index (χ1) is 9.77. The predicted octanol–water partition coefficient (Wildman–Crippen LogP) is 3.73. The summed E-state index contributed by atoms with van der Waals surface area (Å²) >= 11 is 0. The number of hydrogen-bond donors (Lipinski definition) is 1. The normalized spacial score (nSPS) is 18.3. The molecule has 1 N–H and O–H groups in total. The van der Waals surface area contributed by atoms with Gasteiger partial charge in [0.2, 0.25) is 0 Å². The first-order valence-corrected chi connectivity index (χ1v) is 8.52. The summed E-state index contributed by atoms with van der Waals surface area (Å²) in [4.78, 5) is 0. The second kappa shape index (κ2) is 6.44. The van der Waals surface area contributed by atoms with E-state index in [4.69, 9.17) is 4.74 Å². The zero-order chi connectivity index (χ0) is 15.6. The predicted molar refractivity (Wildman–Crippen MR) is 84.1 cm³/mol. The molecule has 2 atom stereocenters. The average molecular weight is 313 g/mol. The SMILES string of the molecule is C[C@@H](N[S@@](=O)C(C)(C)C)c1ccc(OCC2CC2)c(F)c1. The monoisotopic (exact) mass is 313 g/mol. The number of ether oxygens (including phenoxy) is 1. The Hall–Kier alpha value is -0.940. The Morgan fingerprint density at radius 3 is 2.62 bits per heavy atom. The van der Waals surface area contributed by atoms with Gasteiger partial charge in [0.15, 0.2) is 11.6 Å². The fourth-order valence-electron chi connectivity index (χ4n) is 1.80. The molecule has 1 aromatic carbocycles. The molecule has 0 heterocycles. The van der Waals surface area contributed by atoms with Gasteiger partial charge < -0.3 is 4.74 Å². The zero-order valence-corrected chi connectivity index (χ0v) is 13.9. The van der Waals surface area contributed by atoms with E-state index >= 15 is 0 Å². The molecule has 21 heavy (non-hydrogen) atoms. The fourth-order valence-corrected chi connectivity index (χ4v) is 2.61. The highest BCUT2D eigenvalue weighted by Crippen LogP contribution is 2.30. The summed E-state index contributed by atoms with van der Waals surface area (Å²) < 4.78 is 34.2. The van der Waals surface area contributed by atoms with E-state index in [1.165, 1.54) is 18.9 Å². The van der Waals surface area contributed by atoms with Crippen LogP contribution in [-0.4, -0.2) is 15.6 Å². The van der Waals surface area contributed by atoms with E-state index in [9.17, 15) is 8.60 Å². The summed E-state index contributed by atoms with van der Waals surface area (Å²) in [5.74, 6) is 0.539. The molecule has 5 heteroatoms. The molecule has 0 unspecified atom stereocenters. The number of hydrogen-bond acceptors (Lipinski definition) is 2. The molecule has 2 rings (SSSR count). The fraction of sp³-hybridized carbons (Fsp3) is 0.625. The van der Waals surface area contributed by atoms with Crippen LogP contribution in [0, 0.1) is 11.7 Å². The van der Waals surface area contributed by atoms with Crippen molar-refractivity contribution < 1.29 is 13.3 Å². The highest BCUT2D eigenvalue weighted by molar-refractivity contribution is 7.84. The van der Waals surface area contributed by atoms with E-state index in [1.807, 2.05) is 33.8 Å². The van der Waals surface area contributed by atoms with E-state index in [-0.39, 0.29) is 16.6 Å². The minimum Gasteiger partial charge on any atom is -0.490 e. The molecule has 1 aromatic rings. The lowest BCUT2D eigenvalue weighted by molar-refractivity contribution is 0.285. The Kier molecular flexibility index (Phi) is 5.04. The Bertz CT molecular complexity index is 523. The lowest BCUT2D eigenvalue weighted by Gasteiger charge is -2.22. The third-order valence-corrected chi connectivity index (χ3v) is 5.15. The summed E-state index contributed by atoms with van der Waals surface area (Å²) in [6, 6.07) is 4.76. The summed E-state index contributed by atoms with van der Waals surface area (Å²) in [5.41, 5.74) is 0.767. The van der Waals surface area contributed by atoms with Gasteiger partial charge in [0.05, 0.1) is 22.3 Å². The Balaban J connectivity index is 1.99. The van der Waals surface area contributed by atoms with Crippen LogP contribution in [0.3, 0.4) is 0 Å². The van der Waals surface area contributed by atoms with Crippen molar-refractivity contribution in [1.29, 1.82) is 0 Å². The molecule has 0 saturated heterocycles. The van der Waals surface area contributed by atoms with Crippen LogP contribution in [0.2, 0.25) is 0 Å². The molecular formula is C16H24FNO2S. The van der Waals surface area contributed by atoms with Crippen molar-refractivity contribution in [2.75, 3.05) is 6.61 Å².